The van der Waals surface area contributed by atoms with Crippen LogP contribution in [0, 0.1) is 0 Å². The number of hydrogen-bond donors (Lipinski definition) is 2. The number of para-hydroxylation sites is 1. The largest absolute Gasteiger partial charge is 1.00 e. The standard InChI is InChI=1S/C8H8N3O4PS.2K/c12-7(11-16(13,14)15)10-8-9-5-3-1-2-4-6(5)17-8;;/h1-4H,(H4,9,10,11,12,13,14,15);;/q;2*+1/p-2. The molecule has 1 heterocycles. The first kappa shape index (κ1) is 20.8. The van der Waals surface area contributed by atoms with Gasteiger partial charge in [-0.25, -0.2) is 9.78 Å². The van der Waals surface area contributed by atoms with Crippen LogP contribution in [0.4, 0.5) is 9.93 Å². The Hall–Kier alpha value is 1.80. The first-order valence-electron chi connectivity index (χ1n) is 4.41. The summed E-state index contributed by atoms with van der Waals surface area (Å²) in [6.07, 6.45) is 0. The summed E-state index contributed by atoms with van der Waals surface area (Å²) < 4.78 is 11.1. The van der Waals surface area contributed by atoms with Crippen LogP contribution in [-0.2, 0) is 4.57 Å². The minimum absolute atomic E-state index is 0. The number of thiazole rings is 1. The first-order chi connectivity index (χ1) is 7.94. The zero-order valence-corrected chi connectivity index (χ0v) is 18.2. The van der Waals surface area contributed by atoms with Crippen molar-refractivity contribution < 1.29 is 122 Å². The van der Waals surface area contributed by atoms with Crippen molar-refractivity contribution in [2.24, 2.45) is 0 Å². The summed E-state index contributed by atoms with van der Waals surface area (Å²) >= 11 is 1.17. The fourth-order valence-corrected chi connectivity index (χ4v) is 2.34. The van der Waals surface area contributed by atoms with Crippen LogP contribution in [0.2, 0.25) is 0 Å². The van der Waals surface area contributed by atoms with Crippen LogP contribution < -0.4 is 123 Å². The van der Waals surface area contributed by atoms with Gasteiger partial charge >= 0.3 is 109 Å². The Morgan fingerprint density at radius 3 is 2.47 bits per heavy atom. The van der Waals surface area contributed by atoms with Crippen LogP contribution in [0.1, 0.15) is 0 Å². The van der Waals surface area contributed by atoms with Crippen molar-refractivity contribution >= 4 is 40.5 Å². The Balaban J connectivity index is 0.00000162. The Morgan fingerprint density at radius 2 is 1.89 bits per heavy atom. The van der Waals surface area contributed by atoms with E-state index in [1.54, 1.807) is 12.1 Å². The van der Waals surface area contributed by atoms with Gasteiger partial charge in [0.1, 0.15) is 0 Å². The zero-order chi connectivity index (χ0) is 12.5. The molecular formula is C8H6K2N3O4PS. The Morgan fingerprint density at radius 1 is 1.26 bits per heavy atom. The van der Waals surface area contributed by atoms with E-state index in [1.807, 2.05) is 12.1 Å². The van der Waals surface area contributed by atoms with Gasteiger partial charge in [0.05, 0.1) is 10.2 Å². The second-order valence-electron chi connectivity index (χ2n) is 3.05. The predicted molar refractivity (Wildman–Crippen MR) is 59.4 cm³/mol. The molecule has 0 aliphatic carbocycles. The number of amides is 2. The smallest absolute Gasteiger partial charge is 0.795 e. The molecule has 0 aliphatic heterocycles. The van der Waals surface area contributed by atoms with Crippen molar-refractivity contribution in [1.82, 2.24) is 10.1 Å². The number of hydrogen-bond acceptors (Lipinski definition) is 6. The summed E-state index contributed by atoms with van der Waals surface area (Å²) in [5.41, 5.74) is 0.681. The van der Waals surface area contributed by atoms with Gasteiger partial charge in [0.15, 0.2) is 5.13 Å². The molecule has 0 bridgehead atoms. The maximum absolute atomic E-state index is 11.1. The third kappa shape index (κ3) is 7.07. The van der Waals surface area contributed by atoms with Crippen molar-refractivity contribution in [2.45, 2.75) is 0 Å². The number of carbonyl (C=O) groups is 1. The molecule has 0 spiro atoms. The second-order valence-corrected chi connectivity index (χ2v) is 5.30. The SMILES string of the molecule is O=C(Nc1nc2ccccc2s1)NP(=O)([O-])[O-].[K+].[K+]. The van der Waals surface area contributed by atoms with Crippen molar-refractivity contribution in [3.63, 3.8) is 0 Å². The molecule has 0 radical (unpaired) electrons. The molecule has 2 rings (SSSR count). The fourth-order valence-electron chi connectivity index (χ4n) is 1.18. The van der Waals surface area contributed by atoms with Gasteiger partial charge in [0.2, 0.25) is 0 Å². The molecule has 11 heteroatoms. The van der Waals surface area contributed by atoms with E-state index in [1.165, 1.54) is 16.4 Å². The molecule has 0 aliphatic rings. The third-order valence-electron chi connectivity index (χ3n) is 1.75. The summed E-state index contributed by atoms with van der Waals surface area (Å²) in [6.45, 7) is 0. The third-order valence-corrected chi connectivity index (χ3v) is 3.18. The van der Waals surface area contributed by atoms with Gasteiger partial charge in [0, 0.05) is 7.75 Å². The van der Waals surface area contributed by atoms with Crippen LogP contribution in [-0.4, -0.2) is 11.0 Å². The molecule has 1 aromatic carbocycles. The van der Waals surface area contributed by atoms with E-state index in [2.05, 4.69) is 10.3 Å². The van der Waals surface area contributed by atoms with E-state index in [0.717, 1.165) is 4.70 Å². The minimum Gasteiger partial charge on any atom is -0.795 e. The van der Waals surface area contributed by atoms with Gasteiger partial charge in [-0.05, 0) is 12.1 Å². The molecule has 0 unspecified atom stereocenters. The summed E-state index contributed by atoms with van der Waals surface area (Å²) in [5.74, 6) is 0. The molecule has 2 aromatic rings. The summed E-state index contributed by atoms with van der Waals surface area (Å²) in [4.78, 5) is 35.7. The van der Waals surface area contributed by atoms with E-state index in [4.69, 9.17) is 0 Å². The summed E-state index contributed by atoms with van der Waals surface area (Å²) in [6, 6.07) is 6.05. The monoisotopic (exact) mass is 349 g/mol. The molecule has 0 saturated carbocycles. The molecule has 90 valence electrons. The molecular weight excluding hydrogens is 343 g/mol. The zero-order valence-electron chi connectivity index (χ0n) is 10.2. The van der Waals surface area contributed by atoms with Gasteiger partial charge in [0.25, 0.3) is 0 Å². The number of carbonyl (C=O) groups excluding carboxylic acids is 1. The van der Waals surface area contributed by atoms with Crippen LogP contribution in [0.25, 0.3) is 10.2 Å². The normalized spacial score (nSPS) is 10.2. The van der Waals surface area contributed by atoms with Crippen molar-refractivity contribution in [2.75, 3.05) is 5.32 Å². The number of aromatic nitrogens is 1. The van der Waals surface area contributed by atoms with Crippen LogP contribution in [0.15, 0.2) is 24.3 Å². The molecule has 2 amide bonds. The molecule has 7 nitrogen and oxygen atoms in total. The predicted octanol–water partition coefficient (Wildman–Crippen LogP) is -5.75. The van der Waals surface area contributed by atoms with E-state index < -0.39 is 13.8 Å². The average Bonchev–Trinajstić information content (AvgIpc) is 2.55. The number of anilines is 1. The van der Waals surface area contributed by atoms with E-state index >= 15 is 0 Å². The number of benzene rings is 1. The maximum atomic E-state index is 11.1. The molecule has 1 aromatic heterocycles. The molecule has 19 heavy (non-hydrogen) atoms. The van der Waals surface area contributed by atoms with E-state index in [9.17, 15) is 19.1 Å². The topological polar surface area (TPSA) is 117 Å². The first-order valence-corrected chi connectivity index (χ1v) is 6.77. The molecule has 0 atom stereocenters. The summed E-state index contributed by atoms with van der Waals surface area (Å²) in [5, 5.41) is 3.67. The Kier molecular flexibility index (Phi) is 9.92. The molecule has 2 N–H and O–H groups in total. The van der Waals surface area contributed by atoms with Crippen molar-refractivity contribution in [1.29, 1.82) is 0 Å². The van der Waals surface area contributed by atoms with Crippen LogP contribution >= 0.6 is 19.1 Å². The van der Waals surface area contributed by atoms with Gasteiger partial charge in [-0.1, -0.05) is 23.5 Å². The molecule has 0 fully saturated rings. The second kappa shape index (κ2) is 9.06. The van der Waals surface area contributed by atoms with Gasteiger partial charge in [-0.15, -0.1) is 0 Å². The van der Waals surface area contributed by atoms with Crippen LogP contribution in [0.5, 0.6) is 0 Å². The number of urea groups is 1. The Bertz CT molecular complexity index is 584. The molecule has 0 saturated heterocycles. The van der Waals surface area contributed by atoms with Crippen molar-refractivity contribution in [3.05, 3.63) is 24.3 Å². The fraction of sp³-hybridized carbons (Fsp3) is 0. The van der Waals surface area contributed by atoms with E-state index in [0.29, 0.717) is 5.52 Å². The summed E-state index contributed by atoms with van der Waals surface area (Å²) in [7, 11) is -5.08. The number of nitrogens with zero attached hydrogens (tertiary/aromatic N) is 1. The maximum Gasteiger partial charge on any atom is 1.00 e. The quantitative estimate of drug-likeness (QED) is 0.414. The van der Waals surface area contributed by atoms with Crippen LogP contribution in [0.3, 0.4) is 0 Å². The number of rotatable bonds is 2. The number of fused-ring (bicyclic) bond motifs is 1. The minimum atomic E-state index is -5.08. The number of nitrogens with one attached hydrogen (secondary N) is 2. The Labute approximate surface area is 198 Å². The van der Waals surface area contributed by atoms with Gasteiger partial charge in [-0.3, -0.25) is 5.32 Å². The average molecular weight is 349 g/mol. The van der Waals surface area contributed by atoms with Crippen molar-refractivity contribution in [3.8, 4) is 0 Å². The van der Waals surface area contributed by atoms with E-state index in [-0.39, 0.29) is 108 Å². The van der Waals surface area contributed by atoms with Gasteiger partial charge in [-0.2, -0.15) is 0 Å². The van der Waals surface area contributed by atoms with Gasteiger partial charge < -0.3 is 19.4 Å².